The summed E-state index contributed by atoms with van der Waals surface area (Å²) >= 11 is 0. The van der Waals surface area contributed by atoms with Gasteiger partial charge in [-0.15, -0.1) is 0 Å². The molecule has 0 aromatic heterocycles. The summed E-state index contributed by atoms with van der Waals surface area (Å²) in [6.07, 6.45) is 3.26. The maximum atomic E-state index is 12.3. The molecule has 0 saturated carbocycles. The van der Waals surface area contributed by atoms with Crippen LogP contribution in [0.4, 0.5) is 0 Å². The van der Waals surface area contributed by atoms with E-state index in [9.17, 15) is 9.59 Å². The molecule has 4 nitrogen and oxygen atoms in total. The Hall–Kier alpha value is -2.88. The van der Waals surface area contributed by atoms with Crippen LogP contribution in [0, 0.1) is 0 Å². The topological polar surface area (TPSA) is 46.6 Å². The summed E-state index contributed by atoms with van der Waals surface area (Å²) in [5.74, 6) is 0.538. The first kappa shape index (κ1) is 17.5. The van der Waals surface area contributed by atoms with Crippen LogP contribution in [0.5, 0.6) is 5.75 Å². The monoisotopic (exact) mass is 323 g/mol. The van der Waals surface area contributed by atoms with Crippen LogP contribution in [0.2, 0.25) is 0 Å². The number of para-hydroxylation sites is 1. The number of ether oxygens (including phenoxy) is 1. The molecule has 1 amide bonds. The molecule has 2 rings (SSSR count). The van der Waals surface area contributed by atoms with Crippen molar-refractivity contribution in [3.05, 3.63) is 71.3 Å². The number of amides is 1. The minimum Gasteiger partial charge on any atom is -0.493 e. The molecule has 4 heteroatoms. The number of carbonyl (C=O) groups is 2. The van der Waals surface area contributed by atoms with Crippen molar-refractivity contribution >= 4 is 17.8 Å². The second kappa shape index (κ2) is 8.11. The summed E-state index contributed by atoms with van der Waals surface area (Å²) < 4.78 is 5.53. The van der Waals surface area contributed by atoms with Crippen LogP contribution in [0.15, 0.2) is 54.6 Å². The van der Waals surface area contributed by atoms with Crippen molar-refractivity contribution < 1.29 is 14.3 Å². The van der Waals surface area contributed by atoms with Crippen LogP contribution < -0.4 is 4.74 Å². The second-order valence-electron chi connectivity index (χ2n) is 5.45. The number of carbonyl (C=O) groups excluding carboxylic acids is 2. The number of benzene rings is 2. The van der Waals surface area contributed by atoms with Crippen LogP contribution in [0.1, 0.15) is 33.2 Å². The molecule has 0 spiro atoms. The number of rotatable bonds is 6. The smallest absolute Gasteiger partial charge is 0.253 e. The van der Waals surface area contributed by atoms with Gasteiger partial charge in [0.05, 0.1) is 6.61 Å². The molecule has 0 unspecified atom stereocenters. The lowest BCUT2D eigenvalue weighted by Gasteiger charge is -2.10. The van der Waals surface area contributed by atoms with Crippen LogP contribution in [0.25, 0.3) is 6.08 Å². The zero-order chi connectivity index (χ0) is 17.5. The number of ketones is 1. The van der Waals surface area contributed by atoms with Gasteiger partial charge in [0.2, 0.25) is 0 Å². The Morgan fingerprint density at radius 2 is 1.62 bits per heavy atom. The first-order valence-corrected chi connectivity index (χ1v) is 7.79. The lowest BCUT2D eigenvalue weighted by atomic mass is 10.1. The van der Waals surface area contributed by atoms with Gasteiger partial charge in [0.25, 0.3) is 5.91 Å². The molecule has 0 bridgehead atoms. The standard InChI is InChI=1S/C20H21NO3/c1-4-24-19-8-6-5-7-16(19)13-14-18(22)15-9-11-17(12-10-15)20(23)21(2)3/h5-14H,4H2,1-3H3. The van der Waals surface area contributed by atoms with E-state index in [1.54, 1.807) is 44.4 Å². The van der Waals surface area contributed by atoms with Crippen LogP contribution >= 0.6 is 0 Å². The molecule has 0 radical (unpaired) electrons. The fourth-order valence-electron chi connectivity index (χ4n) is 2.20. The quantitative estimate of drug-likeness (QED) is 0.602. The molecule has 0 saturated heterocycles. The Bertz CT molecular complexity index is 746. The summed E-state index contributed by atoms with van der Waals surface area (Å²) in [5.41, 5.74) is 1.95. The molecule has 24 heavy (non-hydrogen) atoms. The van der Waals surface area contributed by atoms with Gasteiger partial charge in [0.1, 0.15) is 5.75 Å². The van der Waals surface area contributed by atoms with Gasteiger partial charge >= 0.3 is 0 Å². The number of allylic oxidation sites excluding steroid dienone is 1. The molecule has 0 atom stereocenters. The van der Waals surface area contributed by atoms with Crippen molar-refractivity contribution in [3.63, 3.8) is 0 Å². The highest BCUT2D eigenvalue weighted by atomic mass is 16.5. The summed E-state index contributed by atoms with van der Waals surface area (Å²) in [6, 6.07) is 14.2. The van der Waals surface area contributed by atoms with Crippen molar-refractivity contribution in [2.24, 2.45) is 0 Å². The first-order valence-electron chi connectivity index (χ1n) is 7.79. The predicted molar refractivity (Wildman–Crippen MR) is 95.4 cm³/mol. The summed E-state index contributed by atoms with van der Waals surface area (Å²) in [4.78, 5) is 25.6. The maximum Gasteiger partial charge on any atom is 0.253 e. The first-order chi connectivity index (χ1) is 11.5. The number of hydrogen-bond donors (Lipinski definition) is 0. The molecule has 0 fully saturated rings. The van der Waals surface area contributed by atoms with E-state index in [-0.39, 0.29) is 11.7 Å². The van der Waals surface area contributed by atoms with E-state index < -0.39 is 0 Å². The fourth-order valence-corrected chi connectivity index (χ4v) is 2.20. The van der Waals surface area contributed by atoms with Gasteiger partial charge < -0.3 is 9.64 Å². The lowest BCUT2D eigenvalue weighted by Crippen LogP contribution is -2.21. The van der Waals surface area contributed by atoms with E-state index in [1.807, 2.05) is 31.2 Å². The highest BCUT2D eigenvalue weighted by Gasteiger charge is 2.09. The summed E-state index contributed by atoms with van der Waals surface area (Å²) in [7, 11) is 3.39. The van der Waals surface area contributed by atoms with Gasteiger partial charge in [0, 0.05) is 30.8 Å². The molecule has 0 aliphatic rings. The third-order valence-electron chi connectivity index (χ3n) is 3.46. The average Bonchev–Trinajstić information content (AvgIpc) is 2.60. The average molecular weight is 323 g/mol. The van der Waals surface area contributed by atoms with E-state index in [0.29, 0.717) is 17.7 Å². The Labute approximate surface area is 142 Å². The summed E-state index contributed by atoms with van der Waals surface area (Å²) in [5, 5.41) is 0. The number of nitrogens with zero attached hydrogens (tertiary/aromatic N) is 1. The van der Waals surface area contributed by atoms with Gasteiger partial charge in [-0.1, -0.05) is 30.3 Å². The van der Waals surface area contributed by atoms with E-state index >= 15 is 0 Å². The molecule has 0 heterocycles. The van der Waals surface area contributed by atoms with Crippen molar-refractivity contribution in [3.8, 4) is 5.75 Å². The van der Waals surface area contributed by atoms with Crippen LogP contribution in [-0.4, -0.2) is 37.3 Å². The lowest BCUT2D eigenvalue weighted by molar-refractivity contribution is 0.0827. The van der Waals surface area contributed by atoms with Crippen LogP contribution in [0.3, 0.4) is 0 Å². The van der Waals surface area contributed by atoms with Crippen molar-refractivity contribution in [2.75, 3.05) is 20.7 Å². The Kier molecular flexibility index (Phi) is 5.90. The maximum absolute atomic E-state index is 12.3. The Morgan fingerprint density at radius 1 is 1.00 bits per heavy atom. The van der Waals surface area contributed by atoms with Crippen molar-refractivity contribution in [1.82, 2.24) is 4.90 Å². The van der Waals surface area contributed by atoms with Gasteiger partial charge in [0.15, 0.2) is 5.78 Å². The molecule has 2 aromatic rings. The third kappa shape index (κ3) is 4.32. The minimum absolute atomic E-state index is 0.0878. The largest absolute Gasteiger partial charge is 0.493 e. The number of hydrogen-bond acceptors (Lipinski definition) is 3. The van der Waals surface area contributed by atoms with Crippen molar-refractivity contribution in [1.29, 1.82) is 0 Å². The Morgan fingerprint density at radius 3 is 2.25 bits per heavy atom. The van der Waals surface area contributed by atoms with Gasteiger partial charge in [-0.3, -0.25) is 9.59 Å². The highest BCUT2D eigenvalue weighted by molar-refractivity contribution is 6.07. The normalized spacial score (nSPS) is 10.6. The molecular formula is C20H21NO3. The van der Waals surface area contributed by atoms with Gasteiger partial charge in [-0.05, 0) is 37.3 Å². The van der Waals surface area contributed by atoms with Gasteiger partial charge in [-0.2, -0.15) is 0 Å². The van der Waals surface area contributed by atoms with E-state index in [0.717, 1.165) is 11.3 Å². The highest BCUT2D eigenvalue weighted by Crippen LogP contribution is 2.19. The Balaban J connectivity index is 2.14. The molecule has 2 aromatic carbocycles. The third-order valence-corrected chi connectivity index (χ3v) is 3.46. The van der Waals surface area contributed by atoms with E-state index in [4.69, 9.17) is 4.74 Å². The zero-order valence-electron chi connectivity index (χ0n) is 14.2. The predicted octanol–water partition coefficient (Wildman–Crippen LogP) is 3.68. The molecule has 0 aliphatic heterocycles. The van der Waals surface area contributed by atoms with Crippen LogP contribution in [-0.2, 0) is 0 Å². The molecule has 0 N–H and O–H groups in total. The summed E-state index contributed by atoms with van der Waals surface area (Å²) in [6.45, 7) is 2.49. The fraction of sp³-hybridized carbons (Fsp3) is 0.200. The zero-order valence-corrected chi connectivity index (χ0v) is 14.2. The van der Waals surface area contributed by atoms with Crippen molar-refractivity contribution in [2.45, 2.75) is 6.92 Å². The molecule has 124 valence electrons. The van der Waals surface area contributed by atoms with Gasteiger partial charge in [-0.25, -0.2) is 0 Å². The van der Waals surface area contributed by atoms with E-state index in [1.165, 1.54) is 11.0 Å². The molecule has 0 aliphatic carbocycles. The minimum atomic E-state index is -0.120. The van der Waals surface area contributed by atoms with E-state index in [2.05, 4.69) is 0 Å². The second-order valence-corrected chi connectivity index (χ2v) is 5.45. The SMILES string of the molecule is CCOc1ccccc1C=CC(=O)c1ccc(C(=O)N(C)C)cc1. The molecular weight excluding hydrogens is 302 g/mol.